The lowest BCUT2D eigenvalue weighted by molar-refractivity contribution is 0.355. The minimum atomic E-state index is 0.518. The SMILES string of the molecule is Brc1cccc(-c2ncn(C3CCCCC3)c2-c2ccnc3[nH]ccc23)c1. The largest absolute Gasteiger partial charge is 0.346 e. The van der Waals surface area contributed by atoms with Crippen molar-refractivity contribution in [3.05, 3.63) is 59.6 Å². The number of benzene rings is 1. The van der Waals surface area contributed by atoms with E-state index in [0.29, 0.717) is 6.04 Å². The zero-order chi connectivity index (χ0) is 18.2. The van der Waals surface area contributed by atoms with Gasteiger partial charge in [0.15, 0.2) is 0 Å². The molecule has 0 aliphatic heterocycles. The number of pyridine rings is 1. The average molecular weight is 421 g/mol. The molecule has 136 valence electrons. The van der Waals surface area contributed by atoms with Gasteiger partial charge in [-0.1, -0.05) is 47.3 Å². The molecule has 0 amide bonds. The molecule has 3 aromatic heterocycles. The second kappa shape index (κ2) is 6.97. The Balaban J connectivity index is 1.75. The number of nitrogens with zero attached hydrogens (tertiary/aromatic N) is 3. The van der Waals surface area contributed by atoms with Crippen LogP contribution in [0.15, 0.2) is 59.6 Å². The average Bonchev–Trinajstić information content (AvgIpc) is 3.35. The van der Waals surface area contributed by atoms with Gasteiger partial charge in [-0.05, 0) is 37.1 Å². The molecule has 0 bridgehead atoms. The van der Waals surface area contributed by atoms with Crippen LogP contribution in [0, 0.1) is 0 Å². The highest BCUT2D eigenvalue weighted by Gasteiger charge is 2.23. The maximum absolute atomic E-state index is 4.88. The number of nitrogens with one attached hydrogen (secondary N) is 1. The van der Waals surface area contributed by atoms with Gasteiger partial charge in [0.2, 0.25) is 0 Å². The van der Waals surface area contributed by atoms with E-state index in [0.717, 1.165) is 26.8 Å². The lowest BCUT2D eigenvalue weighted by Crippen LogP contribution is -2.13. The molecule has 0 spiro atoms. The number of hydrogen-bond acceptors (Lipinski definition) is 2. The number of rotatable bonds is 3. The van der Waals surface area contributed by atoms with Crippen LogP contribution < -0.4 is 0 Å². The number of fused-ring (bicyclic) bond motifs is 1. The number of aromatic amines is 1. The maximum Gasteiger partial charge on any atom is 0.137 e. The van der Waals surface area contributed by atoms with Gasteiger partial charge in [-0.25, -0.2) is 9.97 Å². The molecule has 1 aliphatic carbocycles. The molecule has 1 saturated carbocycles. The Kier molecular flexibility index (Phi) is 4.32. The molecule has 0 saturated heterocycles. The van der Waals surface area contributed by atoms with Crippen molar-refractivity contribution in [1.82, 2.24) is 19.5 Å². The zero-order valence-corrected chi connectivity index (χ0v) is 16.6. The lowest BCUT2D eigenvalue weighted by atomic mass is 9.94. The summed E-state index contributed by atoms with van der Waals surface area (Å²) in [5, 5.41) is 1.14. The van der Waals surface area contributed by atoms with Gasteiger partial charge < -0.3 is 9.55 Å². The van der Waals surface area contributed by atoms with Crippen molar-refractivity contribution in [3.63, 3.8) is 0 Å². The van der Waals surface area contributed by atoms with Crippen molar-refractivity contribution in [2.75, 3.05) is 0 Å². The van der Waals surface area contributed by atoms with Gasteiger partial charge >= 0.3 is 0 Å². The summed E-state index contributed by atoms with van der Waals surface area (Å²) in [4.78, 5) is 12.6. The van der Waals surface area contributed by atoms with E-state index in [1.165, 1.54) is 43.4 Å². The van der Waals surface area contributed by atoms with Gasteiger partial charge in [-0.15, -0.1) is 0 Å². The molecular weight excluding hydrogens is 400 g/mol. The van der Waals surface area contributed by atoms with Gasteiger partial charge in [-0.3, -0.25) is 0 Å². The number of halogens is 1. The third-order valence-corrected chi connectivity index (χ3v) is 6.07. The molecule has 5 rings (SSSR count). The van der Waals surface area contributed by atoms with Gasteiger partial charge in [0.05, 0.1) is 17.7 Å². The Morgan fingerprint density at radius 1 is 1.04 bits per heavy atom. The highest BCUT2D eigenvalue weighted by Crippen LogP contribution is 2.40. The van der Waals surface area contributed by atoms with Crippen LogP contribution in [0.2, 0.25) is 0 Å². The molecular formula is C22H21BrN4. The molecule has 3 heterocycles. The second-order valence-corrected chi connectivity index (χ2v) is 8.17. The van der Waals surface area contributed by atoms with Crippen molar-refractivity contribution < 1.29 is 0 Å². The van der Waals surface area contributed by atoms with Crippen molar-refractivity contribution in [1.29, 1.82) is 0 Å². The Bertz CT molecular complexity index is 1090. The molecule has 1 fully saturated rings. The van der Waals surface area contributed by atoms with E-state index in [4.69, 9.17) is 4.98 Å². The second-order valence-electron chi connectivity index (χ2n) is 7.25. The Morgan fingerprint density at radius 3 is 2.78 bits per heavy atom. The first-order chi connectivity index (χ1) is 13.3. The monoisotopic (exact) mass is 420 g/mol. The van der Waals surface area contributed by atoms with E-state index < -0.39 is 0 Å². The Morgan fingerprint density at radius 2 is 1.93 bits per heavy atom. The van der Waals surface area contributed by atoms with Crippen molar-refractivity contribution in [2.24, 2.45) is 0 Å². The molecule has 1 aliphatic rings. The predicted octanol–water partition coefficient (Wildman–Crippen LogP) is 6.36. The summed E-state index contributed by atoms with van der Waals surface area (Å²) in [7, 11) is 0. The molecule has 1 N–H and O–H groups in total. The number of hydrogen-bond donors (Lipinski definition) is 1. The predicted molar refractivity (Wildman–Crippen MR) is 113 cm³/mol. The van der Waals surface area contributed by atoms with Gasteiger partial charge in [-0.2, -0.15) is 0 Å². The van der Waals surface area contributed by atoms with Crippen molar-refractivity contribution >= 4 is 27.0 Å². The molecule has 4 nitrogen and oxygen atoms in total. The normalized spacial score (nSPS) is 15.4. The first kappa shape index (κ1) is 16.8. The fourth-order valence-electron chi connectivity index (χ4n) is 4.28. The summed E-state index contributed by atoms with van der Waals surface area (Å²) in [5.41, 5.74) is 5.49. The summed E-state index contributed by atoms with van der Waals surface area (Å²) >= 11 is 3.61. The molecule has 0 radical (unpaired) electrons. The first-order valence-corrected chi connectivity index (χ1v) is 10.4. The molecule has 0 atom stereocenters. The highest BCUT2D eigenvalue weighted by atomic mass is 79.9. The molecule has 5 heteroatoms. The molecule has 1 aromatic carbocycles. The van der Waals surface area contributed by atoms with Crippen LogP contribution in [0.3, 0.4) is 0 Å². The van der Waals surface area contributed by atoms with E-state index in [9.17, 15) is 0 Å². The summed E-state index contributed by atoms with van der Waals surface area (Å²) in [5.74, 6) is 0. The number of aromatic nitrogens is 4. The molecule has 0 unspecified atom stereocenters. The van der Waals surface area contributed by atoms with E-state index in [1.807, 2.05) is 18.7 Å². The Labute approximate surface area is 166 Å². The molecule has 4 aromatic rings. The van der Waals surface area contributed by atoms with Crippen LogP contribution in [0.25, 0.3) is 33.5 Å². The standard InChI is InChI=1S/C22H21BrN4/c23-16-6-4-5-15(13-16)20-21(18-9-11-24-22-19(18)10-12-25-22)27(14-26-20)17-7-2-1-3-8-17/h4-6,9-14,17H,1-3,7-8H2,(H,24,25). The van der Waals surface area contributed by atoms with Gasteiger partial charge in [0.25, 0.3) is 0 Å². The van der Waals surface area contributed by atoms with Crippen LogP contribution in [-0.2, 0) is 0 Å². The highest BCUT2D eigenvalue weighted by molar-refractivity contribution is 9.10. The van der Waals surface area contributed by atoms with Crippen LogP contribution >= 0.6 is 15.9 Å². The topological polar surface area (TPSA) is 46.5 Å². The smallest absolute Gasteiger partial charge is 0.137 e. The fraction of sp³-hybridized carbons (Fsp3) is 0.273. The zero-order valence-electron chi connectivity index (χ0n) is 15.0. The molecule has 27 heavy (non-hydrogen) atoms. The van der Waals surface area contributed by atoms with Crippen LogP contribution in [0.4, 0.5) is 0 Å². The Hall–Kier alpha value is -2.40. The summed E-state index contributed by atoms with van der Waals surface area (Å²) in [6.45, 7) is 0. The van der Waals surface area contributed by atoms with E-state index in [-0.39, 0.29) is 0 Å². The summed E-state index contributed by atoms with van der Waals surface area (Å²) in [6.07, 6.45) is 12.3. The van der Waals surface area contributed by atoms with Crippen LogP contribution in [0.5, 0.6) is 0 Å². The van der Waals surface area contributed by atoms with E-state index >= 15 is 0 Å². The first-order valence-electron chi connectivity index (χ1n) is 9.56. The van der Waals surface area contributed by atoms with Crippen LogP contribution in [-0.4, -0.2) is 19.5 Å². The summed E-state index contributed by atoms with van der Waals surface area (Å²) < 4.78 is 3.48. The third-order valence-electron chi connectivity index (χ3n) is 5.58. The number of imidazole rings is 1. The quantitative estimate of drug-likeness (QED) is 0.418. The number of H-pyrrole nitrogens is 1. The lowest BCUT2D eigenvalue weighted by Gasteiger charge is -2.25. The summed E-state index contributed by atoms with van der Waals surface area (Å²) in [6, 6.07) is 13.2. The minimum Gasteiger partial charge on any atom is -0.346 e. The van der Waals surface area contributed by atoms with Gasteiger partial charge in [0.1, 0.15) is 5.65 Å². The van der Waals surface area contributed by atoms with E-state index in [2.05, 4.69) is 66.9 Å². The van der Waals surface area contributed by atoms with Crippen LogP contribution in [0.1, 0.15) is 38.1 Å². The van der Waals surface area contributed by atoms with E-state index in [1.54, 1.807) is 0 Å². The van der Waals surface area contributed by atoms with Crippen molar-refractivity contribution in [2.45, 2.75) is 38.1 Å². The third kappa shape index (κ3) is 3.00. The maximum atomic E-state index is 4.88. The van der Waals surface area contributed by atoms with Gasteiger partial charge in [0, 0.05) is 39.4 Å². The fourth-order valence-corrected chi connectivity index (χ4v) is 4.68. The minimum absolute atomic E-state index is 0.518. The van der Waals surface area contributed by atoms with Crippen molar-refractivity contribution in [3.8, 4) is 22.5 Å².